The number of hydrogen-bond acceptors (Lipinski definition) is 5. The summed E-state index contributed by atoms with van der Waals surface area (Å²) in [6, 6.07) is 13.7. The summed E-state index contributed by atoms with van der Waals surface area (Å²) in [7, 11) is 1.41. The minimum Gasteiger partial charge on any atom is -0.496 e. The molecule has 1 aromatic heterocycles. The van der Waals surface area contributed by atoms with Gasteiger partial charge in [0.2, 0.25) is 0 Å². The summed E-state index contributed by atoms with van der Waals surface area (Å²) < 4.78 is 5.16. The maximum absolute atomic E-state index is 12.4. The smallest absolute Gasteiger partial charge is 0.270 e. The Balaban J connectivity index is 1.73. The number of fused-ring (bicyclic) bond motifs is 1. The topological polar surface area (TPSA) is 121 Å². The second-order valence-corrected chi connectivity index (χ2v) is 6.22. The molecule has 0 aliphatic rings. The number of nitro benzene ring substituents is 1. The lowest BCUT2D eigenvalue weighted by atomic mass is 10.1. The minimum atomic E-state index is -0.555. The number of nitrogens with zero attached hydrogens (tertiary/aromatic N) is 2. The molecule has 0 saturated heterocycles. The number of carbonyl (C=O) groups excluding carboxylic acids is 1. The lowest BCUT2D eigenvalue weighted by molar-refractivity contribution is -0.384. The lowest BCUT2D eigenvalue weighted by Crippen LogP contribution is -2.26. The van der Waals surface area contributed by atoms with Crippen LogP contribution in [0.3, 0.4) is 0 Å². The SMILES string of the molecule is COc1ccc([N+](=O)[O-])cc1/C=C(\C#N)C(=O)NCCc1c[nH]c2ccccc12. The van der Waals surface area contributed by atoms with Crippen LogP contribution in [0.1, 0.15) is 11.1 Å². The molecule has 8 nitrogen and oxygen atoms in total. The van der Waals surface area contributed by atoms with Crippen molar-refractivity contribution >= 4 is 28.6 Å². The van der Waals surface area contributed by atoms with Crippen LogP contribution < -0.4 is 10.1 Å². The minimum absolute atomic E-state index is 0.158. The molecule has 0 aliphatic carbocycles. The number of aromatic nitrogens is 1. The van der Waals surface area contributed by atoms with Crippen molar-refractivity contribution < 1.29 is 14.5 Å². The van der Waals surface area contributed by atoms with Crippen LogP contribution >= 0.6 is 0 Å². The van der Waals surface area contributed by atoms with Gasteiger partial charge in [0.05, 0.1) is 12.0 Å². The van der Waals surface area contributed by atoms with Crippen LogP contribution in [0.4, 0.5) is 5.69 Å². The zero-order chi connectivity index (χ0) is 20.8. The molecule has 3 rings (SSSR count). The number of carbonyl (C=O) groups is 1. The van der Waals surface area contributed by atoms with Gasteiger partial charge in [-0.2, -0.15) is 5.26 Å². The highest BCUT2D eigenvalue weighted by molar-refractivity contribution is 6.02. The first-order valence-electron chi connectivity index (χ1n) is 8.81. The number of non-ortho nitro benzene ring substituents is 1. The second kappa shape index (κ2) is 8.71. The van der Waals surface area contributed by atoms with Crippen molar-refractivity contribution in [3.8, 4) is 11.8 Å². The molecule has 0 unspecified atom stereocenters. The largest absolute Gasteiger partial charge is 0.496 e. The molecular weight excluding hydrogens is 372 g/mol. The number of methoxy groups -OCH3 is 1. The van der Waals surface area contributed by atoms with E-state index in [1.807, 2.05) is 36.5 Å². The molecule has 0 fully saturated rings. The number of nitrogens with one attached hydrogen (secondary N) is 2. The van der Waals surface area contributed by atoms with E-state index < -0.39 is 10.8 Å². The van der Waals surface area contributed by atoms with E-state index in [-0.39, 0.29) is 16.8 Å². The summed E-state index contributed by atoms with van der Waals surface area (Å²) in [5, 5.41) is 24.1. The molecular formula is C21H18N4O4. The third-order valence-electron chi connectivity index (χ3n) is 4.44. The molecule has 1 heterocycles. The van der Waals surface area contributed by atoms with Crippen molar-refractivity contribution in [3.63, 3.8) is 0 Å². The second-order valence-electron chi connectivity index (χ2n) is 6.22. The molecule has 2 N–H and O–H groups in total. The van der Waals surface area contributed by atoms with E-state index in [2.05, 4.69) is 10.3 Å². The van der Waals surface area contributed by atoms with Crippen LogP contribution in [-0.2, 0) is 11.2 Å². The Morgan fingerprint density at radius 1 is 1.34 bits per heavy atom. The number of nitriles is 1. The van der Waals surface area contributed by atoms with E-state index in [1.165, 1.54) is 31.4 Å². The van der Waals surface area contributed by atoms with Crippen LogP contribution in [0, 0.1) is 21.4 Å². The molecule has 0 radical (unpaired) electrons. The van der Waals surface area contributed by atoms with Crippen LogP contribution in [0.25, 0.3) is 17.0 Å². The number of H-pyrrole nitrogens is 1. The molecule has 8 heteroatoms. The fourth-order valence-corrected chi connectivity index (χ4v) is 3.00. The van der Waals surface area contributed by atoms with E-state index in [0.717, 1.165) is 16.5 Å². The average Bonchev–Trinajstić information content (AvgIpc) is 3.14. The maximum atomic E-state index is 12.4. The third-order valence-corrected chi connectivity index (χ3v) is 4.44. The Morgan fingerprint density at radius 2 is 2.14 bits per heavy atom. The zero-order valence-electron chi connectivity index (χ0n) is 15.6. The van der Waals surface area contributed by atoms with Crippen molar-refractivity contribution in [1.82, 2.24) is 10.3 Å². The Morgan fingerprint density at radius 3 is 2.86 bits per heavy atom. The average molecular weight is 390 g/mol. The van der Waals surface area contributed by atoms with E-state index in [0.29, 0.717) is 18.7 Å². The molecule has 3 aromatic rings. The highest BCUT2D eigenvalue weighted by atomic mass is 16.6. The van der Waals surface area contributed by atoms with Gasteiger partial charge in [0.25, 0.3) is 11.6 Å². The number of benzene rings is 2. The Kier molecular flexibility index (Phi) is 5.90. The van der Waals surface area contributed by atoms with Gasteiger partial charge in [-0.05, 0) is 30.2 Å². The predicted octanol–water partition coefficient (Wildman–Crippen LogP) is 3.35. The van der Waals surface area contributed by atoms with Crippen molar-refractivity contribution in [2.24, 2.45) is 0 Å². The van der Waals surface area contributed by atoms with Gasteiger partial charge < -0.3 is 15.0 Å². The van der Waals surface area contributed by atoms with Gasteiger partial charge in [0.1, 0.15) is 17.4 Å². The highest BCUT2D eigenvalue weighted by Crippen LogP contribution is 2.26. The van der Waals surface area contributed by atoms with Crippen molar-refractivity contribution in [1.29, 1.82) is 5.26 Å². The van der Waals surface area contributed by atoms with Crippen molar-refractivity contribution in [2.45, 2.75) is 6.42 Å². The highest BCUT2D eigenvalue weighted by Gasteiger charge is 2.14. The quantitative estimate of drug-likeness (QED) is 0.277. The molecule has 0 atom stereocenters. The van der Waals surface area contributed by atoms with Crippen molar-refractivity contribution in [3.05, 3.63) is 75.5 Å². The molecule has 0 bridgehead atoms. The maximum Gasteiger partial charge on any atom is 0.270 e. The van der Waals surface area contributed by atoms with Gasteiger partial charge in [-0.15, -0.1) is 0 Å². The number of aromatic amines is 1. The number of nitro groups is 1. The molecule has 146 valence electrons. The van der Waals surface area contributed by atoms with Crippen LogP contribution in [0.2, 0.25) is 0 Å². The number of rotatable bonds is 7. The van der Waals surface area contributed by atoms with E-state index in [9.17, 15) is 20.2 Å². The Labute approximate surface area is 166 Å². The first-order chi connectivity index (χ1) is 14.0. The molecule has 0 aliphatic heterocycles. The Bertz CT molecular complexity index is 1140. The number of para-hydroxylation sites is 1. The summed E-state index contributed by atoms with van der Waals surface area (Å²) in [4.78, 5) is 26.0. The first-order valence-corrected chi connectivity index (χ1v) is 8.81. The lowest BCUT2D eigenvalue weighted by Gasteiger charge is -2.07. The van der Waals surface area contributed by atoms with Gasteiger partial charge in [-0.1, -0.05) is 18.2 Å². The fraction of sp³-hybridized carbons (Fsp3) is 0.143. The summed E-state index contributed by atoms with van der Waals surface area (Å²) in [6.45, 7) is 0.339. The molecule has 2 aromatic carbocycles. The summed E-state index contributed by atoms with van der Waals surface area (Å²) in [5.41, 5.74) is 2.04. The fourth-order valence-electron chi connectivity index (χ4n) is 3.00. The third kappa shape index (κ3) is 4.42. The summed E-state index contributed by atoms with van der Waals surface area (Å²) >= 11 is 0. The molecule has 0 spiro atoms. The monoisotopic (exact) mass is 390 g/mol. The van der Waals surface area contributed by atoms with Crippen molar-refractivity contribution in [2.75, 3.05) is 13.7 Å². The van der Waals surface area contributed by atoms with Gasteiger partial charge >= 0.3 is 0 Å². The van der Waals surface area contributed by atoms with Gasteiger partial charge in [-0.3, -0.25) is 14.9 Å². The van der Waals surface area contributed by atoms with E-state index in [4.69, 9.17) is 4.74 Å². The van der Waals surface area contributed by atoms with Gasteiger partial charge in [0, 0.05) is 41.3 Å². The number of amides is 1. The zero-order valence-corrected chi connectivity index (χ0v) is 15.6. The van der Waals surface area contributed by atoms with E-state index >= 15 is 0 Å². The summed E-state index contributed by atoms with van der Waals surface area (Å²) in [6.07, 6.45) is 3.77. The number of hydrogen-bond donors (Lipinski definition) is 2. The van der Waals surface area contributed by atoms with Crippen LogP contribution in [0.5, 0.6) is 5.75 Å². The molecule has 1 amide bonds. The van der Waals surface area contributed by atoms with Crippen LogP contribution in [-0.4, -0.2) is 29.5 Å². The van der Waals surface area contributed by atoms with E-state index in [1.54, 1.807) is 0 Å². The molecule has 29 heavy (non-hydrogen) atoms. The van der Waals surface area contributed by atoms with Gasteiger partial charge in [-0.25, -0.2) is 0 Å². The normalized spacial score (nSPS) is 11.1. The standard InChI is InChI=1S/C21H18N4O4/c1-29-20-7-6-17(25(27)28)11-15(20)10-16(12-22)21(26)23-9-8-14-13-24-19-5-3-2-4-18(14)19/h2-7,10-11,13,24H,8-9H2,1H3,(H,23,26)/b16-10+. The molecule has 0 saturated carbocycles. The summed E-state index contributed by atoms with van der Waals surface area (Å²) in [5.74, 6) is -0.226. The Hall–Kier alpha value is -4.12. The van der Waals surface area contributed by atoms with Crippen LogP contribution in [0.15, 0.2) is 54.2 Å². The first kappa shape index (κ1) is 19.6. The van der Waals surface area contributed by atoms with Gasteiger partial charge in [0.15, 0.2) is 0 Å². The predicted molar refractivity (Wildman–Crippen MR) is 108 cm³/mol. The number of ether oxygens (including phenoxy) is 1.